The van der Waals surface area contributed by atoms with Crippen LogP contribution in [0.25, 0.3) is 0 Å². The van der Waals surface area contributed by atoms with Crippen LogP contribution in [0.4, 0.5) is 0 Å². The molecule has 0 unspecified atom stereocenters. The molecule has 0 amide bonds. The third kappa shape index (κ3) is 5.49. The minimum absolute atomic E-state index is 0.188. The number of aryl methyl sites for hydroxylation is 1. The molecular formula is C12H20N2O3. The highest BCUT2D eigenvalue weighted by Gasteiger charge is 2.05. The van der Waals surface area contributed by atoms with Crippen molar-refractivity contribution < 1.29 is 13.9 Å². The predicted octanol–water partition coefficient (Wildman–Crippen LogP) is 1.67. The van der Waals surface area contributed by atoms with E-state index in [0.717, 1.165) is 25.0 Å². The number of unbranched alkanes of at least 4 members (excludes halogenated alkanes) is 1. The molecule has 0 aliphatic heterocycles. The average Bonchev–Trinajstić information content (AvgIpc) is 2.77. The highest BCUT2D eigenvalue weighted by molar-refractivity contribution is 5.71. The smallest absolute Gasteiger partial charge is 0.319 e. The number of nitrogens with zero attached hydrogens (tertiary/aromatic N) is 1. The van der Waals surface area contributed by atoms with E-state index in [9.17, 15) is 4.79 Å². The lowest BCUT2D eigenvalue weighted by molar-refractivity contribution is -0.142. The van der Waals surface area contributed by atoms with E-state index in [1.807, 2.05) is 6.92 Å². The van der Waals surface area contributed by atoms with Gasteiger partial charge in [-0.15, -0.1) is 0 Å². The highest BCUT2D eigenvalue weighted by Crippen LogP contribution is 2.03. The molecule has 0 saturated carbocycles. The number of hydrogen-bond acceptors (Lipinski definition) is 5. The topological polar surface area (TPSA) is 64.4 Å². The zero-order valence-corrected chi connectivity index (χ0v) is 10.5. The molecule has 0 aliphatic carbocycles. The second kappa shape index (κ2) is 7.84. The van der Waals surface area contributed by atoms with Gasteiger partial charge in [0, 0.05) is 6.42 Å². The summed E-state index contributed by atoms with van der Waals surface area (Å²) >= 11 is 0. The van der Waals surface area contributed by atoms with Crippen molar-refractivity contribution >= 4 is 5.97 Å². The molecule has 0 atom stereocenters. The molecule has 0 radical (unpaired) electrons. The molecule has 1 rings (SSSR count). The Labute approximate surface area is 102 Å². The highest BCUT2D eigenvalue weighted by atomic mass is 16.5. The Morgan fingerprint density at radius 1 is 1.53 bits per heavy atom. The summed E-state index contributed by atoms with van der Waals surface area (Å²) in [7, 11) is 0. The number of nitrogens with one attached hydrogen (secondary N) is 1. The van der Waals surface area contributed by atoms with Crippen LogP contribution in [0, 0.1) is 0 Å². The molecule has 0 spiro atoms. The van der Waals surface area contributed by atoms with Crippen molar-refractivity contribution in [3.63, 3.8) is 0 Å². The molecule has 0 bridgehead atoms. The van der Waals surface area contributed by atoms with E-state index in [4.69, 9.17) is 9.15 Å². The molecule has 17 heavy (non-hydrogen) atoms. The Balaban J connectivity index is 2.12. The summed E-state index contributed by atoms with van der Waals surface area (Å²) in [5, 5.41) is 2.93. The van der Waals surface area contributed by atoms with E-state index in [-0.39, 0.29) is 12.5 Å². The third-order valence-electron chi connectivity index (χ3n) is 2.26. The first-order valence-corrected chi connectivity index (χ1v) is 6.06. The Kier molecular flexibility index (Phi) is 6.32. The SMILES string of the molecule is CCCCOC(=O)CNCc1ncc(CC)o1. The van der Waals surface area contributed by atoms with Crippen molar-refractivity contribution in [1.82, 2.24) is 10.3 Å². The van der Waals surface area contributed by atoms with Crippen LogP contribution in [0.3, 0.4) is 0 Å². The Bertz CT molecular complexity index is 336. The van der Waals surface area contributed by atoms with Crippen molar-refractivity contribution in [3.8, 4) is 0 Å². The van der Waals surface area contributed by atoms with E-state index in [2.05, 4.69) is 17.2 Å². The van der Waals surface area contributed by atoms with Crippen molar-refractivity contribution in [2.45, 2.75) is 39.7 Å². The fraction of sp³-hybridized carbons (Fsp3) is 0.667. The molecule has 0 saturated heterocycles. The zero-order valence-electron chi connectivity index (χ0n) is 10.5. The van der Waals surface area contributed by atoms with Gasteiger partial charge >= 0.3 is 5.97 Å². The fourth-order valence-electron chi connectivity index (χ4n) is 1.25. The van der Waals surface area contributed by atoms with Crippen molar-refractivity contribution in [1.29, 1.82) is 0 Å². The number of hydrogen-bond donors (Lipinski definition) is 1. The normalized spacial score (nSPS) is 10.5. The second-order valence-corrected chi connectivity index (χ2v) is 3.75. The number of oxazole rings is 1. The van der Waals surface area contributed by atoms with E-state index in [1.165, 1.54) is 0 Å². The van der Waals surface area contributed by atoms with Gasteiger partial charge in [-0.1, -0.05) is 20.3 Å². The van der Waals surface area contributed by atoms with Gasteiger partial charge in [-0.2, -0.15) is 0 Å². The zero-order chi connectivity index (χ0) is 12.5. The maximum atomic E-state index is 11.2. The first kappa shape index (κ1) is 13.7. The monoisotopic (exact) mass is 240 g/mol. The lowest BCUT2D eigenvalue weighted by Gasteiger charge is -2.03. The van der Waals surface area contributed by atoms with Crippen LogP contribution in [0.2, 0.25) is 0 Å². The lowest BCUT2D eigenvalue weighted by atomic mass is 10.4. The van der Waals surface area contributed by atoms with Gasteiger partial charge < -0.3 is 9.15 Å². The van der Waals surface area contributed by atoms with Crippen molar-refractivity contribution in [2.24, 2.45) is 0 Å². The summed E-state index contributed by atoms with van der Waals surface area (Å²) in [5.74, 6) is 1.22. The molecule has 0 aromatic carbocycles. The first-order valence-electron chi connectivity index (χ1n) is 6.06. The van der Waals surface area contributed by atoms with Gasteiger partial charge in [-0.05, 0) is 6.42 Å². The van der Waals surface area contributed by atoms with Crippen LogP contribution in [0.5, 0.6) is 0 Å². The van der Waals surface area contributed by atoms with Crippen LogP contribution in [-0.2, 0) is 22.5 Å². The summed E-state index contributed by atoms with van der Waals surface area (Å²) < 4.78 is 10.4. The van der Waals surface area contributed by atoms with Crippen LogP contribution >= 0.6 is 0 Å². The van der Waals surface area contributed by atoms with E-state index in [0.29, 0.717) is 19.0 Å². The number of esters is 1. The fourth-order valence-corrected chi connectivity index (χ4v) is 1.25. The third-order valence-corrected chi connectivity index (χ3v) is 2.26. The maximum absolute atomic E-state index is 11.2. The van der Waals surface area contributed by atoms with Crippen LogP contribution in [0.1, 0.15) is 38.3 Å². The number of aromatic nitrogens is 1. The molecule has 5 heteroatoms. The number of carbonyl (C=O) groups is 1. The summed E-state index contributed by atoms with van der Waals surface area (Å²) in [6.45, 7) is 5.19. The maximum Gasteiger partial charge on any atom is 0.319 e. The molecule has 1 heterocycles. The number of rotatable bonds is 8. The van der Waals surface area contributed by atoms with Gasteiger partial charge in [0.1, 0.15) is 5.76 Å². The van der Waals surface area contributed by atoms with Gasteiger partial charge in [0.15, 0.2) is 0 Å². The van der Waals surface area contributed by atoms with Gasteiger partial charge in [0.25, 0.3) is 0 Å². The summed E-state index contributed by atoms with van der Waals surface area (Å²) in [6, 6.07) is 0. The van der Waals surface area contributed by atoms with E-state index < -0.39 is 0 Å². The van der Waals surface area contributed by atoms with Gasteiger partial charge in [-0.3, -0.25) is 10.1 Å². The second-order valence-electron chi connectivity index (χ2n) is 3.75. The largest absolute Gasteiger partial charge is 0.465 e. The minimum Gasteiger partial charge on any atom is -0.465 e. The summed E-state index contributed by atoms with van der Waals surface area (Å²) in [4.78, 5) is 15.3. The van der Waals surface area contributed by atoms with Crippen molar-refractivity contribution in [3.05, 3.63) is 17.8 Å². The Hall–Kier alpha value is -1.36. The van der Waals surface area contributed by atoms with Gasteiger partial charge in [-0.25, -0.2) is 4.98 Å². The van der Waals surface area contributed by atoms with E-state index >= 15 is 0 Å². The Morgan fingerprint density at radius 2 is 2.35 bits per heavy atom. The lowest BCUT2D eigenvalue weighted by Crippen LogP contribution is -2.24. The number of carbonyl (C=O) groups excluding carboxylic acids is 1. The molecule has 1 aromatic rings. The molecule has 0 fully saturated rings. The first-order chi connectivity index (χ1) is 8.26. The van der Waals surface area contributed by atoms with E-state index in [1.54, 1.807) is 6.20 Å². The standard InChI is InChI=1S/C12H20N2O3/c1-3-5-6-16-12(15)9-13-8-11-14-7-10(4-2)17-11/h7,13H,3-6,8-9H2,1-2H3. The molecule has 96 valence electrons. The quantitative estimate of drug-likeness (QED) is 0.553. The Morgan fingerprint density at radius 3 is 3.00 bits per heavy atom. The van der Waals surface area contributed by atoms with Crippen LogP contribution in [-0.4, -0.2) is 24.1 Å². The molecule has 1 aromatic heterocycles. The predicted molar refractivity (Wildman–Crippen MR) is 63.5 cm³/mol. The van der Waals surface area contributed by atoms with Crippen molar-refractivity contribution in [2.75, 3.05) is 13.2 Å². The van der Waals surface area contributed by atoms with Crippen LogP contribution in [0.15, 0.2) is 10.6 Å². The van der Waals surface area contributed by atoms with Gasteiger partial charge in [0.2, 0.25) is 5.89 Å². The number of ether oxygens (including phenoxy) is 1. The van der Waals surface area contributed by atoms with Crippen LogP contribution < -0.4 is 5.32 Å². The average molecular weight is 240 g/mol. The summed E-state index contributed by atoms with van der Waals surface area (Å²) in [6.07, 6.45) is 4.46. The summed E-state index contributed by atoms with van der Waals surface area (Å²) in [5.41, 5.74) is 0. The van der Waals surface area contributed by atoms with Gasteiger partial charge in [0.05, 0.1) is 25.9 Å². The minimum atomic E-state index is -0.235. The molecule has 5 nitrogen and oxygen atoms in total. The molecule has 1 N–H and O–H groups in total. The molecule has 0 aliphatic rings. The molecular weight excluding hydrogens is 220 g/mol.